The van der Waals surface area contributed by atoms with Gasteiger partial charge in [-0.2, -0.15) is 5.26 Å². The Morgan fingerprint density at radius 3 is 2.77 bits per heavy atom. The maximum Gasteiger partial charge on any atom is 0.407 e. The zero-order chi connectivity index (χ0) is 25.0. The zero-order valence-corrected chi connectivity index (χ0v) is 20.2. The number of nitrogens with zero attached hydrogens (tertiary/aromatic N) is 3. The Morgan fingerprint density at radius 2 is 2.00 bits per heavy atom. The number of hydrogen-bond acceptors (Lipinski definition) is 6. The second-order valence-corrected chi connectivity index (χ2v) is 9.76. The second-order valence-electron chi connectivity index (χ2n) is 9.76. The molecule has 0 radical (unpaired) electrons. The van der Waals surface area contributed by atoms with E-state index < -0.39 is 11.7 Å². The summed E-state index contributed by atoms with van der Waals surface area (Å²) in [5.74, 6) is 0.269. The molecular formula is C26H30N6O3. The minimum Gasteiger partial charge on any atom is -0.444 e. The normalized spacial score (nSPS) is 24.4. The number of rotatable bonds is 4. The van der Waals surface area contributed by atoms with Crippen molar-refractivity contribution in [3.8, 4) is 6.07 Å². The summed E-state index contributed by atoms with van der Waals surface area (Å²) < 4.78 is 5.42. The van der Waals surface area contributed by atoms with Crippen molar-refractivity contribution in [2.45, 2.75) is 70.2 Å². The SMILES string of the molecule is CC(C)(C)OC(=O)N[C@H]1CCCC[C@H]1N=C1C=CC2N=CC(C(=O)Nc3ccccc3C#N)=C2N1. The van der Waals surface area contributed by atoms with Gasteiger partial charge >= 0.3 is 6.09 Å². The monoisotopic (exact) mass is 474 g/mol. The third kappa shape index (κ3) is 5.96. The molecule has 0 spiro atoms. The maximum atomic E-state index is 13.0. The number of alkyl carbamates (subject to hydrolysis) is 1. The van der Waals surface area contributed by atoms with Crippen LogP contribution in [0.5, 0.6) is 0 Å². The highest BCUT2D eigenvalue weighted by molar-refractivity contribution is 6.20. The predicted molar refractivity (Wildman–Crippen MR) is 134 cm³/mol. The highest BCUT2D eigenvalue weighted by atomic mass is 16.6. The molecule has 1 aromatic rings. The van der Waals surface area contributed by atoms with E-state index in [-0.39, 0.29) is 24.0 Å². The van der Waals surface area contributed by atoms with Gasteiger partial charge in [0.2, 0.25) is 0 Å². The summed E-state index contributed by atoms with van der Waals surface area (Å²) in [6.07, 6.45) is 8.56. The highest BCUT2D eigenvalue weighted by Crippen LogP contribution is 2.25. The van der Waals surface area contributed by atoms with Crippen LogP contribution in [0.4, 0.5) is 10.5 Å². The van der Waals surface area contributed by atoms with Crippen LogP contribution in [0.1, 0.15) is 52.0 Å². The van der Waals surface area contributed by atoms with Gasteiger partial charge in [-0.25, -0.2) is 4.79 Å². The lowest BCUT2D eigenvalue weighted by molar-refractivity contribution is -0.112. The number of carbonyl (C=O) groups is 2. The number of nitriles is 1. The molecular weight excluding hydrogens is 444 g/mol. The van der Waals surface area contributed by atoms with E-state index in [9.17, 15) is 14.9 Å². The van der Waals surface area contributed by atoms with E-state index in [0.717, 1.165) is 25.7 Å². The molecule has 4 rings (SSSR count). The largest absolute Gasteiger partial charge is 0.444 e. The van der Waals surface area contributed by atoms with Crippen LogP contribution in [0.15, 0.2) is 57.7 Å². The molecule has 1 aromatic carbocycles. The lowest BCUT2D eigenvalue weighted by atomic mass is 9.90. The van der Waals surface area contributed by atoms with Gasteiger partial charge in [-0.3, -0.25) is 14.8 Å². The van der Waals surface area contributed by atoms with Crippen molar-refractivity contribution in [2.24, 2.45) is 9.98 Å². The lowest BCUT2D eigenvalue weighted by Gasteiger charge is -2.31. The molecule has 1 aliphatic carbocycles. The van der Waals surface area contributed by atoms with Crippen LogP contribution >= 0.6 is 0 Å². The van der Waals surface area contributed by atoms with Crippen molar-refractivity contribution < 1.29 is 14.3 Å². The average molecular weight is 475 g/mol. The molecule has 2 heterocycles. The van der Waals surface area contributed by atoms with Gasteiger partial charge in [0.25, 0.3) is 5.91 Å². The number of amidine groups is 1. The van der Waals surface area contributed by atoms with E-state index in [1.807, 2.05) is 32.9 Å². The van der Waals surface area contributed by atoms with E-state index >= 15 is 0 Å². The topological polar surface area (TPSA) is 128 Å². The molecule has 1 fully saturated rings. The van der Waals surface area contributed by atoms with Gasteiger partial charge in [-0.05, 0) is 51.8 Å². The van der Waals surface area contributed by atoms with Crippen LogP contribution in [-0.2, 0) is 9.53 Å². The summed E-state index contributed by atoms with van der Waals surface area (Å²) in [4.78, 5) is 34.6. The first-order chi connectivity index (χ1) is 16.7. The van der Waals surface area contributed by atoms with E-state index in [2.05, 4.69) is 27.0 Å². The van der Waals surface area contributed by atoms with Crippen molar-refractivity contribution in [2.75, 3.05) is 5.32 Å². The Kier molecular flexibility index (Phi) is 7.01. The van der Waals surface area contributed by atoms with Crippen molar-refractivity contribution in [1.82, 2.24) is 10.6 Å². The van der Waals surface area contributed by atoms with E-state index in [1.54, 1.807) is 24.3 Å². The molecule has 2 aliphatic heterocycles. The van der Waals surface area contributed by atoms with Gasteiger partial charge in [-0.1, -0.05) is 31.1 Å². The number of ether oxygens (including phenoxy) is 1. The summed E-state index contributed by atoms with van der Waals surface area (Å²) in [7, 11) is 0. The number of aliphatic imine (C=N–C) groups is 2. The molecule has 2 amide bonds. The minimum atomic E-state index is -0.567. The average Bonchev–Trinajstić information content (AvgIpc) is 3.23. The van der Waals surface area contributed by atoms with Gasteiger partial charge < -0.3 is 20.7 Å². The van der Waals surface area contributed by atoms with Gasteiger partial charge in [0, 0.05) is 6.21 Å². The Bertz CT molecular complexity index is 1170. The number of amides is 2. The van der Waals surface area contributed by atoms with Crippen molar-refractivity contribution >= 4 is 29.7 Å². The van der Waals surface area contributed by atoms with Gasteiger partial charge in [0.05, 0.1) is 34.6 Å². The first kappa shape index (κ1) is 24.2. The van der Waals surface area contributed by atoms with E-state index in [4.69, 9.17) is 9.73 Å². The van der Waals surface area contributed by atoms with Gasteiger partial charge in [0.15, 0.2) is 0 Å². The number of para-hydroxylation sites is 1. The maximum absolute atomic E-state index is 13.0. The molecule has 0 bridgehead atoms. The molecule has 1 unspecified atom stereocenters. The smallest absolute Gasteiger partial charge is 0.407 e. The number of benzene rings is 1. The third-order valence-corrected chi connectivity index (χ3v) is 5.93. The first-order valence-electron chi connectivity index (χ1n) is 11.8. The number of hydrogen-bond donors (Lipinski definition) is 3. The minimum absolute atomic E-state index is 0.109. The fourth-order valence-electron chi connectivity index (χ4n) is 4.31. The fourth-order valence-corrected chi connectivity index (χ4v) is 4.31. The van der Waals surface area contributed by atoms with Crippen LogP contribution in [0, 0.1) is 11.3 Å². The summed E-state index contributed by atoms with van der Waals surface area (Å²) in [5.41, 5.74) is 1.31. The van der Waals surface area contributed by atoms with Crippen LogP contribution in [-0.4, -0.2) is 47.8 Å². The Balaban J connectivity index is 1.49. The van der Waals surface area contributed by atoms with E-state index in [1.165, 1.54) is 6.21 Å². The quantitative estimate of drug-likeness (QED) is 0.614. The van der Waals surface area contributed by atoms with E-state index in [0.29, 0.717) is 28.4 Å². The second kappa shape index (κ2) is 10.1. The Morgan fingerprint density at radius 1 is 1.23 bits per heavy atom. The number of anilines is 1. The lowest BCUT2D eigenvalue weighted by Crippen LogP contribution is -2.47. The molecule has 3 N–H and O–H groups in total. The molecule has 9 nitrogen and oxygen atoms in total. The summed E-state index contributed by atoms with van der Waals surface area (Å²) in [6.45, 7) is 5.51. The standard InChI is InChI=1S/C26H30N6O3/c1-26(2,3)35-25(34)31-20-11-7-6-10-19(20)29-22-13-12-21-23(32-22)17(15-28-21)24(33)30-18-9-5-4-8-16(18)14-27/h4-5,8-9,12-13,15,19-21H,6-7,10-11H2,1-3H3,(H,29,32)(H,30,33)(H,31,34)/t19-,20+,21?/m1/s1. The van der Waals surface area contributed by atoms with Crippen LogP contribution in [0.3, 0.4) is 0 Å². The summed E-state index contributed by atoms with van der Waals surface area (Å²) in [6, 6.07) is 8.40. The first-order valence-corrected chi connectivity index (χ1v) is 11.8. The predicted octanol–water partition coefficient (Wildman–Crippen LogP) is 3.60. The van der Waals surface area contributed by atoms with Crippen molar-refractivity contribution in [1.29, 1.82) is 5.26 Å². The number of carbonyl (C=O) groups excluding carboxylic acids is 2. The van der Waals surface area contributed by atoms with Crippen LogP contribution in [0.25, 0.3) is 0 Å². The molecule has 3 aliphatic rings. The fraction of sp³-hybridized carbons (Fsp3) is 0.423. The summed E-state index contributed by atoms with van der Waals surface area (Å²) in [5, 5.41) is 18.3. The highest BCUT2D eigenvalue weighted by Gasteiger charge is 2.31. The Labute approximate surface area is 205 Å². The third-order valence-electron chi connectivity index (χ3n) is 5.93. The molecule has 1 saturated carbocycles. The van der Waals surface area contributed by atoms with Crippen molar-refractivity contribution in [3.05, 3.63) is 53.3 Å². The molecule has 9 heteroatoms. The molecule has 0 saturated heterocycles. The molecule has 0 aromatic heterocycles. The number of nitrogens with one attached hydrogen (secondary N) is 3. The van der Waals surface area contributed by atoms with Gasteiger partial charge in [0.1, 0.15) is 23.5 Å². The zero-order valence-electron chi connectivity index (χ0n) is 20.2. The van der Waals surface area contributed by atoms with Crippen LogP contribution in [0.2, 0.25) is 0 Å². The van der Waals surface area contributed by atoms with Crippen LogP contribution < -0.4 is 16.0 Å². The van der Waals surface area contributed by atoms with Crippen molar-refractivity contribution in [3.63, 3.8) is 0 Å². The Hall–Kier alpha value is -3.93. The number of fused-ring (bicyclic) bond motifs is 1. The molecule has 182 valence electrons. The molecule has 35 heavy (non-hydrogen) atoms. The van der Waals surface area contributed by atoms with Gasteiger partial charge in [-0.15, -0.1) is 0 Å². The summed E-state index contributed by atoms with van der Waals surface area (Å²) >= 11 is 0. The molecule has 3 atom stereocenters.